The minimum Gasteiger partial charge on any atom is -0.368 e. The topological polar surface area (TPSA) is 24.4 Å². The van der Waals surface area contributed by atoms with Gasteiger partial charge < -0.3 is 5.32 Å². The lowest BCUT2D eigenvalue weighted by molar-refractivity contribution is 0.395. The molecular weight excluding hydrogens is 340 g/mol. The van der Waals surface area contributed by atoms with Gasteiger partial charge in [0, 0.05) is 11.6 Å². The molecule has 2 rings (SSSR count). The molecule has 2 fully saturated rings. The lowest BCUT2D eigenvalue weighted by Crippen LogP contribution is -2.30. The molecule has 26 heavy (non-hydrogen) atoms. The van der Waals surface area contributed by atoms with Gasteiger partial charge in [0.1, 0.15) is 5.82 Å². The Labute approximate surface area is 165 Å². The van der Waals surface area contributed by atoms with Crippen LogP contribution in [0.2, 0.25) is 0 Å². The molecular formula is C23H35ClN2. The maximum Gasteiger partial charge on any atom is 0.122 e. The Kier molecular flexibility index (Phi) is 8.71. The van der Waals surface area contributed by atoms with Gasteiger partial charge in [0.05, 0.1) is 10.7 Å². The summed E-state index contributed by atoms with van der Waals surface area (Å²) in [5.41, 5.74) is 3.28. The molecule has 0 heterocycles. The quantitative estimate of drug-likeness (QED) is 0.339. The number of nitrogens with zero attached hydrogens (tertiary/aromatic N) is 1. The monoisotopic (exact) mass is 374 g/mol. The molecule has 0 atom stereocenters. The van der Waals surface area contributed by atoms with Crippen LogP contribution in [0.1, 0.15) is 78.6 Å². The molecule has 0 aliphatic heterocycles. The number of hydrogen-bond donors (Lipinski definition) is 1. The molecule has 2 saturated carbocycles. The first-order valence-electron chi connectivity index (χ1n) is 10.3. The van der Waals surface area contributed by atoms with Crippen molar-refractivity contribution in [3.8, 4) is 0 Å². The summed E-state index contributed by atoms with van der Waals surface area (Å²) in [5.74, 6) is 1.79. The zero-order valence-corrected chi connectivity index (χ0v) is 17.5. The number of halogens is 1. The van der Waals surface area contributed by atoms with Gasteiger partial charge in [-0.3, -0.25) is 0 Å². The van der Waals surface area contributed by atoms with E-state index in [1.165, 1.54) is 50.5 Å². The summed E-state index contributed by atoms with van der Waals surface area (Å²) in [4.78, 5) is 4.99. The molecule has 0 aromatic rings. The van der Waals surface area contributed by atoms with Gasteiger partial charge in [-0.15, -0.1) is 0 Å². The highest BCUT2D eigenvalue weighted by Crippen LogP contribution is 2.36. The van der Waals surface area contributed by atoms with Crippen LogP contribution in [0.15, 0.2) is 51.8 Å². The number of allylic oxidation sites excluding steroid dienone is 6. The standard InChI is InChI=1S/C23H35ClN2/c1-5-11-22(25-19-12-9-8-10-13-19)26-23(21(24)7-3)20(6-2)17(4)16-18-14-15-18/h6-7,11,18-19,25H,2,5,8-10,12-16H2,1,3-4H3/b20-17?,21-7+,22-11+,26-23-. The molecule has 0 amide bonds. The van der Waals surface area contributed by atoms with Crippen molar-refractivity contribution in [3.05, 3.63) is 46.8 Å². The van der Waals surface area contributed by atoms with Crippen LogP contribution in [0.5, 0.6) is 0 Å². The summed E-state index contributed by atoms with van der Waals surface area (Å²) in [6.45, 7) is 10.4. The van der Waals surface area contributed by atoms with E-state index in [1.54, 1.807) is 0 Å². The second kappa shape index (κ2) is 10.8. The highest BCUT2D eigenvalue weighted by Gasteiger charge is 2.23. The highest BCUT2D eigenvalue weighted by atomic mass is 35.5. The summed E-state index contributed by atoms with van der Waals surface area (Å²) in [7, 11) is 0. The summed E-state index contributed by atoms with van der Waals surface area (Å²) in [5, 5.41) is 4.36. The van der Waals surface area contributed by atoms with Crippen LogP contribution in [-0.2, 0) is 0 Å². The minimum atomic E-state index is 0.527. The van der Waals surface area contributed by atoms with E-state index < -0.39 is 0 Å². The maximum atomic E-state index is 6.58. The van der Waals surface area contributed by atoms with Crippen LogP contribution in [-0.4, -0.2) is 11.8 Å². The summed E-state index contributed by atoms with van der Waals surface area (Å²) in [6.07, 6.45) is 17.2. The van der Waals surface area contributed by atoms with Gasteiger partial charge in [0.2, 0.25) is 0 Å². The zero-order chi connectivity index (χ0) is 18.9. The average Bonchev–Trinajstić information content (AvgIpc) is 3.45. The van der Waals surface area contributed by atoms with Crippen molar-refractivity contribution in [2.75, 3.05) is 0 Å². The van der Waals surface area contributed by atoms with Crippen molar-refractivity contribution >= 4 is 17.3 Å². The molecule has 0 radical (unpaired) electrons. The first-order chi connectivity index (χ1) is 12.6. The van der Waals surface area contributed by atoms with E-state index in [9.17, 15) is 0 Å². The molecule has 1 N–H and O–H groups in total. The molecule has 2 aliphatic rings. The maximum absolute atomic E-state index is 6.58. The van der Waals surface area contributed by atoms with Crippen molar-refractivity contribution in [2.45, 2.75) is 84.6 Å². The Morgan fingerprint density at radius 1 is 1.19 bits per heavy atom. The van der Waals surface area contributed by atoms with Gasteiger partial charge in [-0.25, -0.2) is 4.99 Å². The van der Waals surface area contributed by atoms with Crippen LogP contribution in [0.25, 0.3) is 0 Å². The lowest BCUT2D eigenvalue weighted by Gasteiger charge is -2.24. The Hall–Kier alpha value is -1.28. The van der Waals surface area contributed by atoms with Crippen molar-refractivity contribution in [2.24, 2.45) is 10.9 Å². The summed E-state index contributed by atoms with van der Waals surface area (Å²) in [6, 6.07) is 0.527. The van der Waals surface area contributed by atoms with Gasteiger partial charge in [0.15, 0.2) is 0 Å². The third kappa shape index (κ3) is 6.46. The fraction of sp³-hybridized carbons (Fsp3) is 0.609. The van der Waals surface area contributed by atoms with Crippen LogP contribution >= 0.6 is 11.6 Å². The number of hydrogen-bond acceptors (Lipinski definition) is 2. The molecule has 0 aromatic carbocycles. The molecule has 144 valence electrons. The fourth-order valence-corrected chi connectivity index (χ4v) is 3.77. The highest BCUT2D eigenvalue weighted by molar-refractivity contribution is 6.46. The second-order valence-electron chi connectivity index (χ2n) is 7.62. The van der Waals surface area contributed by atoms with E-state index >= 15 is 0 Å². The number of rotatable bonds is 9. The number of nitrogens with one attached hydrogen (secondary N) is 1. The lowest BCUT2D eigenvalue weighted by atomic mass is 9.95. The van der Waals surface area contributed by atoms with Crippen LogP contribution < -0.4 is 5.32 Å². The van der Waals surface area contributed by atoms with Crippen molar-refractivity contribution < 1.29 is 0 Å². The van der Waals surface area contributed by atoms with E-state index in [2.05, 4.69) is 31.8 Å². The molecule has 2 nitrogen and oxygen atoms in total. The smallest absolute Gasteiger partial charge is 0.122 e. The van der Waals surface area contributed by atoms with E-state index in [1.807, 2.05) is 19.1 Å². The Balaban J connectivity index is 2.31. The van der Waals surface area contributed by atoms with Crippen molar-refractivity contribution in [1.82, 2.24) is 5.32 Å². The molecule has 0 spiro atoms. The van der Waals surface area contributed by atoms with Gasteiger partial charge >= 0.3 is 0 Å². The largest absolute Gasteiger partial charge is 0.368 e. The fourth-order valence-electron chi connectivity index (χ4n) is 3.62. The first kappa shape index (κ1) is 21.0. The summed E-state index contributed by atoms with van der Waals surface area (Å²) >= 11 is 6.58. The van der Waals surface area contributed by atoms with Crippen molar-refractivity contribution in [1.29, 1.82) is 0 Å². The third-order valence-electron chi connectivity index (χ3n) is 5.28. The van der Waals surface area contributed by atoms with E-state index in [0.29, 0.717) is 11.1 Å². The Morgan fingerprint density at radius 3 is 2.42 bits per heavy atom. The van der Waals surface area contributed by atoms with Gasteiger partial charge in [-0.05, 0) is 64.4 Å². The zero-order valence-electron chi connectivity index (χ0n) is 16.8. The first-order valence-corrected chi connectivity index (χ1v) is 10.7. The molecule has 2 aliphatic carbocycles. The SMILES string of the molecule is C=CC(=C(C)CC1CC1)C(=N/C(=C/CC)NC1CCCCC1)/C(Cl)=C\C. The third-order valence-corrected chi connectivity index (χ3v) is 5.67. The number of aliphatic imine (C=N–C) groups is 1. The van der Waals surface area contributed by atoms with Gasteiger partial charge in [-0.2, -0.15) is 0 Å². The van der Waals surface area contributed by atoms with E-state index in [4.69, 9.17) is 16.6 Å². The van der Waals surface area contributed by atoms with Crippen LogP contribution in [0.3, 0.4) is 0 Å². The Morgan fingerprint density at radius 2 is 1.88 bits per heavy atom. The van der Waals surface area contributed by atoms with E-state index in [-0.39, 0.29) is 0 Å². The van der Waals surface area contributed by atoms with Crippen LogP contribution in [0.4, 0.5) is 0 Å². The molecule has 0 unspecified atom stereocenters. The molecule has 3 heteroatoms. The predicted molar refractivity (Wildman–Crippen MR) is 116 cm³/mol. The molecule has 0 aromatic heterocycles. The minimum absolute atomic E-state index is 0.527. The normalized spacial score (nSPS) is 21.5. The average molecular weight is 375 g/mol. The molecule has 0 saturated heterocycles. The summed E-state index contributed by atoms with van der Waals surface area (Å²) < 4.78 is 0. The Bertz CT molecular complexity index is 600. The van der Waals surface area contributed by atoms with Gasteiger partial charge in [-0.1, -0.05) is 62.1 Å². The van der Waals surface area contributed by atoms with E-state index in [0.717, 1.165) is 35.9 Å². The molecule has 0 bridgehead atoms. The van der Waals surface area contributed by atoms with Crippen LogP contribution in [0, 0.1) is 5.92 Å². The predicted octanol–water partition coefficient (Wildman–Crippen LogP) is 7.05. The van der Waals surface area contributed by atoms with Gasteiger partial charge in [0.25, 0.3) is 0 Å². The van der Waals surface area contributed by atoms with Crippen molar-refractivity contribution in [3.63, 3.8) is 0 Å². The second-order valence-corrected chi connectivity index (χ2v) is 8.03.